The summed E-state index contributed by atoms with van der Waals surface area (Å²) in [6.07, 6.45) is 3.31. The number of benzene rings is 1. The summed E-state index contributed by atoms with van der Waals surface area (Å²) < 4.78 is 22.6. The van der Waals surface area contributed by atoms with Crippen LogP contribution in [-0.4, -0.2) is 82.1 Å². The average molecular weight is 700 g/mol. The van der Waals surface area contributed by atoms with Gasteiger partial charge in [-0.2, -0.15) is 0 Å². The third-order valence-electron chi connectivity index (χ3n) is 10.1. The van der Waals surface area contributed by atoms with Gasteiger partial charge in [0.1, 0.15) is 23.4 Å². The smallest absolute Gasteiger partial charge is 0.407 e. The Morgan fingerprint density at radius 1 is 1.08 bits per heavy atom. The Morgan fingerprint density at radius 2 is 1.82 bits per heavy atom. The van der Waals surface area contributed by atoms with Crippen LogP contribution >= 0.6 is 0 Å². The fraction of sp³-hybridized carbons (Fsp3) is 0.639. The van der Waals surface area contributed by atoms with Gasteiger partial charge in [-0.25, -0.2) is 14.4 Å². The van der Waals surface area contributed by atoms with Crippen molar-refractivity contribution >= 4 is 29.8 Å². The second-order valence-electron chi connectivity index (χ2n) is 14.9. The van der Waals surface area contributed by atoms with Gasteiger partial charge >= 0.3 is 18.0 Å². The van der Waals surface area contributed by atoms with Crippen molar-refractivity contribution in [2.45, 2.75) is 134 Å². The van der Waals surface area contributed by atoms with Gasteiger partial charge in [0.15, 0.2) is 23.7 Å². The maximum Gasteiger partial charge on any atom is 0.407 e. The first-order valence-electron chi connectivity index (χ1n) is 17.4. The fourth-order valence-corrected chi connectivity index (χ4v) is 7.92. The van der Waals surface area contributed by atoms with Crippen LogP contribution in [0.1, 0.15) is 97.6 Å². The molecule has 4 aliphatic rings. The molecule has 1 saturated carbocycles. The molecule has 7 atom stereocenters. The van der Waals surface area contributed by atoms with Gasteiger partial charge in [0.25, 0.3) is 0 Å². The molecule has 50 heavy (non-hydrogen) atoms. The number of rotatable bonds is 12. The molecule has 274 valence electrons. The molecule has 1 fully saturated rings. The lowest BCUT2D eigenvalue weighted by molar-refractivity contribution is -0.172. The predicted octanol–water partition coefficient (Wildman–Crippen LogP) is 2.95. The molecule has 0 aromatic heterocycles. The van der Waals surface area contributed by atoms with E-state index in [0.717, 1.165) is 24.0 Å². The Kier molecular flexibility index (Phi) is 10.4. The number of aromatic hydroxyl groups is 1. The number of amides is 3. The number of hydrogen-bond acceptors (Lipinski definition) is 11. The molecule has 14 nitrogen and oxygen atoms in total. The van der Waals surface area contributed by atoms with E-state index in [2.05, 4.69) is 16.0 Å². The highest BCUT2D eigenvalue weighted by Gasteiger charge is 2.71. The summed E-state index contributed by atoms with van der Waals surface area (Å²) in [7, 11) is 0. The van der Waals surface area contributed by atoms with Gasteiger partial charge in [-0.05, 0) is 103 Å². The Bertz CT molecular complexity index is 1570. The molecular weight excluding hydrogens is 650 g/mol. The van der Waals surface area contributed by atoms with E-state index in [1.54, 1.807) is 32.9 Å². The van der Waals surface area contributed by atoms with Crippen LogP contribution in [0.2, 0.25) is 0 Å². The molecular formula is C36H49N3O11. The van der Waals surface area contributed by atoms with Gasteiger partial charge in [-0.1, -0.05) is 12.5 Å². The number of nitrogens with one attached hydrogen (secondary N) is 3. The second kappa shape index (κ2) is 14.1. The molecule has 1 aliphatic heterocycles. The minimum atomic E-state index is -1.36. The maximum absolute atomic E-state index is 13.3. The number of phenols is 1. The molecule has 5 N–H and O–H groups in total. The molecule has 1 aromatic rings. The van der Waals surface area contributed by atoms with E-state index in [9.17, 15) is 34.2 Å². The van der Waals surface area contributed by atoms with E-state index in [0.29, 0.717) is 38.0 Å². The SMILES string of the molecule is CC(=O)N[C@@H](CCCCNC(=O)OC(C)(C)C)C(=O)N[C@@H](C)C(=O)O[C@@H](C)C(=O)OC1=CC[C@@]2(O)[C@@H]3CCCC24c2c(ccc(O)c2O[C@@H]14)C3. The minimum Gasteiger partial charge on any atom is -0.504 e. The quantitative estimate of drug-likeness (QED) is 0.122. The summed E-state index contributed by atoms with van der Waals surface area (Å²) in [6.45, 7) is 9.60. The van der Waals surface area contributed by atoms with Crippen molar-refractivity contribution in [1.29, 1.82) is 0 Å². The molecule has 5 rings (SSSR count). The first-order chi connectivity index (χ1) is 23.5. The van der Waals surface area contributed by atoms with E-state index in [4.69, 9.17) is 18.9 Å². The standard InChI is InChI=1S/C36H49N3O11/c1-19(38-30(42)24(39-21(3)40)11-7-8-17-37-33(45)50-34(4,5)6)31(43)47-20(2)32(44)48-26-14-16-36(46)23-10-9-15-35(36)27-22(18-23)12-13-25(41)28(27)49-29(26)35/h12-14,19-20,23-24,29,41,46H,7-11,15-18H2,1-6H3,(H,37,45)(H,38,42)(H,39,40)/t19-,20-,23+,24-,29-,35?,36+/m0/s1. The van der Waals surface area contributed by atoms with Gasteiger partial charge < -0.3 is 45.1 Å². The van der Waals surface area contributed by atoms with E-state index in [-0.39, 0.29) is 30.3 Å². The van der Waals surface area contributed by atoms with Crippen LogP contribution in [0.15, 0.2) is 24.0 Å². The van der Waals surface area contributed by atoms with Crippen molar-refractivity contribution in [3.05, 3.63) is 35.1 Å². The maximum atomic E-state index is 13.3. The van der Waals surface area contributed by atoms with Gasteiger partial charge in [0.2, 0.25) is 11.8 Å². The second-order valence-corrected chi connectivity index (χ2v) is 14.9. The van der Waals surface area contributed by atoms with Crippen molar-refractivity contribution < 1.29 is 53.1 Å². The van der Waals surface area contributed by atoms with Crippen LogP contribution in [0.25, 0.3) is 0 Å². The average Bonchev–Trinajstić information content (AvgIpc) is 3.37. The van der Waals surface area contributed by atoms with Crippen LogP contribution in [0, 0.1) is 5.92 Å². The van der Waals surface area contributed by atoms with Gasteiger partial charge in [0.05, 0.1) is 11.0 Å². The van der Waals surface area contributed by atoms with Crippen molar-refractivity contribution in [2.24, 2.45) is 5.92 Å². The lowest BCUT2D eigenvalue weighted by Crippen LogP contribution is -2.67. The van der Waals surface area contributed by atoms with Crippen molar-refractivity contribution in [3.8, 4) is 11.5 Å². The van der Waals surface area contributed by atoms with Crippen LogP contribution in [-0.2, 0) is 45.2 Å². The van der Waals surface area contributed by atoms with Crippen molar-refractivity contribution in [3.63, 3.8) is 0 Å². The summed E-state index contributed by atoms with van der Waals surface area (Å²) in [5.74, 6) is -2.37. The zero-order chi connectivity index (χ0) is 36.6. The first kappa shape index (κ1) is 36.9. The Morgan fingerprint density at radius 3 is 2.52 bits per heavy atom. The number of hydrogen-bond donors (Lipinski definition) is 5. The molecule has 1 aromatic carbocycles. The topological polar surface area (TPSA) is 199 Å². The Labute approximate surface area is 291 Å². The molecule has 0 saturated heterocycles. The lowest BCUT2D eigenvalue weighted by Gasteiger charge is -2.59. The van der Waals surface area contributed by atoms with E-state index < -0.39 is 70.8 Å². The molecule has 0 radical (unpaired) electrons. The molecule has 14 heteroatoms. The van der Waals surface area contributed by atoms with Crippen molar-refractivity contribution in [2.75, 3.05) is 6.54 Å². The largest absolute Gasteiger partial charge is 0.504 e. The number of carbonyl (C=O) groups excluding carboxylic acids is 5. The fourth-order valence-electron chi connectivity index (χ4n) is 7.92. The third kappa shape index (κ3) is 7.12. The summed E-state index contributed by atoms with van der Waals surface area (Å²) >= 11 is 0. The molecule has 3 aliphatic carbocycles. The number of ether oxygens (including phenoxy) is 4. The number of alkyl carbamates (subject to hydrolysis) is 1. The molecule has 1 heterocycles. The van der Waals surface area contributed by atoms with Gasteiger partial charge in [-0.3, -0.25) is 9.59 Å². The Balaban J connectivity index is 1.15. The summed E-state index contributed by atoms with van der Waals surface area (Å²) in [5.41, 5.74) is -0.856. The van der Waals surface area contributed by atoms with Crippen LogP contribution < -0.4 is 20.7 Å². The zero-order valence-electron chi connectivity index (χ0n) is 29.6. The van der Waals surface area contributed by atoms with Crippen LogP contribution in [0.3, 0.4) is 0 Å². The van der Waals surface area contributed by atoms with Gasteiger partial charge in [0, 0.05) is 19.0 Å². The number of unbranched alkanes of at least 4 members (excludes halogenated alkanes) is 1. The number of carbonyl (C=O) groups is 5. The van der Waals surface area contributed by atoms with E-state index >= 15 is 0 Å². The highest BCUT2D eigenvalue weighted by Crippen LogP contribution is 2.67. The summed E-state index contributed by atoms with van der Waals surface area (Å²) in [6, 6.07) is 1.35. The van der Waals surface area contributed by atoms with E-state index in [1.807, 2.05) is 6.07 Å². The number of esters is 2. The molecule has 2 bridgehead atoms. The monoisotopic (exact) mass is 699 g/mol. The predicted molar refractivity (Wildman–Crippen MR) is 178 cm³/mol. The van der Waals surface area contributed by atoms with Crippen LogP contribution in [0.5, 0.6) is 11.5 Å². The van der Waals surface area contributed by atoms with E-state index in [1.165, 1.54) is 20.8 Å². The minimum absolute atomic E-state index is 0.0122. The summed E-state index contributed by atoms with van der Waals surface area (Å²) in [4.78, 5) is 62.9. The molecule has 1 spiro atoms. The normalized spacial score (nSPS) is 26.1. The van der Waals surface area contributed by atoms with Crippen molar-refractivity contribution in [1.82, 2.24) is 16.0 Å². The van der Waals surface area contributed by atoms with Gasteiger partial charge in [-0.15, -0.1) is 0 Å². The summed E-state index contributed by atoms with van der Waals surface area (Å²) in [5, 5.41) is 30.6. The lowest BCUT2D eigenvalue weighted by atomic mass is 9.47. The number of phenolic OH excluding ortho intramolecular Hbond substituents is 1. The third-order valence-corrected chi connectivity index (χ3v) is 10.1. The van der Waals surface area contributed by atoms with Crippen LogP contribution in [0.4, 0.5) is 4.79 Å². The Hall–Kier alpha value is -4.33. The molecule has 3 amide bonds. The highest BCUT2D eigenvalue weighted by molar-refractivity contribution is 5.90. The number of aliphatic hydroxyl groups is 1. The molecule has 1 unspecified atom stereocenters. The zero-order valence-corrected chi connectivity index (χ0v) is 29.6. The highest BCUT2D eigenvalue weighted by atomic mass is 16.6. The first-order valence-corrected chi connectivity index (χ1v) is 17.4.